The second kappa shape index (κ2) is 7.53. The van der Waals surface area contributed by atoms with E-state index in [1.165, 1.54) is 12.8 Å². The van der Waals surface area contributed by atoms with E-state index in [1.54, 1.807) is 60.7 Å². The Kier molecular flexibility index (Phi) is 5.45. The minimum absolute atomic E-state index is 0.332. The zero-order valence-electron chi connectivity index (χ0n) is 12.6. The molecule has 5 nitrogen and oxygen atoms in total. The van der Waals surface area contributed by atoms with Gasteiger partial charge >= 0.3 is 20.7 Å². The average molecular weight is 328 g/mol. The molecule has 0 aromatic heterocycles. The lowest BCUT2D eigenvalue weighted by Gasteiger charge is -2.23. The summed E-state index contributed by atoms with van der Waals surface area (Å²) >= 11 is 0. The Balaban J connectivity index is 2.17. The van der Waals surface area contributed by atoms with Crippen molar-refractivity contribution < 1.29 is 22.9 Å². The fourth-order valence-corrected chi connectivity index (χ4v) is 3.09. The van der Waals surface area contributed by atoms with E-state index < -0.39 is 20.7 Å². The molecule has 0 saturated heterocycles. The molecular weight excluding hydrogens is 312 g/mol. The molecule has 0 atom stereocenters. The number of carbonyl (C=O) groups excluding carboxylic acids is 2. The molecule has 0 unspecified atom stereocenters. The van der Waals surface area contributed by atoms with Gasteiger partial charge in [0.25, 0.3) is 0 Å². The van der Waals surface area contributed by atoms with Crippen LogP contribution in [0.5, 0.6) is 0 Å². The Morgan fingerprint density at radius 2 is 1.26 bits per heavy atom. The van der Waals surface area contributed by atoms with E-state index in [-0.39, 0.29) is 0 Å². The summed E-state index contributed by atoms with van der Waals surface area (Å²) in [5.74, 6) is -1.28. The van der Waals surface area contributed by atoms with Gasteiger partial charge in [-0.15, -0.1) is 0 Å². The molecule has 0 spiro atoms. The minimum atomic E-state index is -3.67. The third kappa shape index (κ3) is 4.15. The average Bonchev–Trinajstić information content (AvgIpc) is 2.62. The first-order valence-electron chi connectivity index (χ1n) is 6.86. The summed E-state index contributed by atoms with van der Waals surface area (Å²) in [7, 11) is -2.36. The zero-order chi connectivity index (χ0) is 16.7. The third-order valence-electron chi connectivity index (χ3n) is 3.02. The van der Waals surface area contributed by atoms with Crippen LogP contribution < -0.4 is 0 Å². The van der Waals surface area contributed by atoms with Gasteiger partial charge in [-0.3, -0.25) is 0 Å². The maximum atomic E-state index is 12.2. The Hall–Kier alpha value is -2.70. The third-order valence-corrected chi connectivity index (χ3v) is 5.03. The first-order chi connectivity index (χ1) is 11.1. The molecule has 0 heterocycles. The van der Waals surface area contributed by atoms with Crippen LogP contribution in [0.3, 0.4) is 0 Å². The summed E-state index contributed by atoms with van der Waals surface area (Å²) in [6.45, 7) is 3.58. The fraction of sp³-hybridized carbons (Fsp3) is 0.0588. The lowest BCUT2D eigenvalue weighted by molar-refractivity contribution is 0.0431. The molecular formula is C17H16O5Si. The highest BCUT2D eigenvalue weighted by molar-refractivity contribution is 6.69. The molecule has 0 saturated carbocycles. The number of hydrogen-bond donors (Lipinski definition) is 0. The Labute approximate surface area is 135 Å². The summed E-state index contributed by atoms with van der Waals surface area (Å²) in [4.78, 5) is 24.4. The van der Waals surface area contributed by atoms with E-state index in [9.17, 15) is 9.59 Å². The van der Waals surface area contributed by atoms with Crippen molar-refractivity contribution in [1.82, 2.24) is 0 Å². The second-order valence-corrected chi connectivity index (χ2v) is 6.95. The van der Waals surface area contributed by atoms with Gasteiger partial charge in [-0.25, -0.2) is 9.59 Å². The van der Waals surface area contributed by atoms with Crippen molar-refractivity contribution in [2.45, 2.75) is 0 Å². The molecule has 118 valence electrons. The van der Waals surface area contributed by atoms with Gasteiger partial charge < -0.3 is 13.3 Å². The van der Waals surface area contributed by atoms with E-state index in [0.29, 0.717) is 11.1 Å². The highest BCUT2D eigenvalue weighted by Gasteiger charge is 2.46. The van der Waals surface area contributed by atoms with Crippen LogP contribution in [0.2, 0.25) is 0 Å². The van der Waals surface area contributed by atoms with Crippen LogP contribution in [0.25, 0.3) is 0 Å². The molecule has 0 N–H and O–H groups in total. The summed E-state index contributed by atoms with van der Waals surface area (Å²) in [6.07, 6.45) is 0. The van der Waals surface area contributed by atoms with Crippen LogP contribution in [0.15, 0.2) is 72.9 Å². The molecule has 23 heavy (non-hydrogen) atoms. The van der Waals surface area contributed by atoms with Crippen molar-refractivity contribution >= 4 is 20.7 Å². The number of hydrogen-bond acceptors (Lipinski definition) is 5. The van der Waals surface area contributed by atoms with Crippen LogP contribution in [-0.2, 0) is 13.3 Å². The Morgan fingerprint density at radius 1 is 0.870 bits per heavy atom. The maximum absolute atomic E-state index is 12.2. The van der Waals surface area contributed by atoms with Crippen LogP contribution in [0, 0.1) is 0 Å². The van der Waals surface area contributed by atoms with Crippen LogP contribution in [0.4, 0.5) is 0 Å². The molecule has 0 fully saturated rings. The maximum Gasteiger partial charge on any atom is 0.665 e. The molecule has 6 heteroatoms. The fourth-order valence-electron chi connectivity index (χ4n) is 1.80. The van der Waals surface area contributed by atoms with Gasteiger partial charge in [0, 0.05) is 12.8 Å². The predicted molar refractivity (Wildman–Crippen MR) is 86.7 cm³/mol. The summed E-state index contributed by atoms with van der Waals surface area (Å²) in [5, 5.41) is 0. The van der Waals surface area contributed by atoms with Gasteiger partial charge in [0.1, 0.15) is 0 Å². The van der Waals surface area contributed by atoms with Gasteiger partial charge in [-0.2, -0.15) is 0 Å². The van der Waals surface area contributed by atoms with Crippen molar-refractivity contribution in [2.24, 2.45) is 0 Å². The predicted octanol–water partition coefficient (Wildman–Crippen LogP) is 3.01. The highest BCUT2D eigenvalue weighted by atomic mass is 28.4. The topological polar surface area (TPSA) is 61.8 Å². The van der Waals surface area contributed by atoms with E-state index in [4.69, 9.17) is 13.3 Å². The molecule has 0 aliphatic carbocycles. The van der Waals surface area contributed by atoms with E-state index in [2.05, 4.69) is 6.58 Å². The molecule has 0 aliphatic heterocycles. The normalized spacial score (nSPS) is 10.7. The summed E-state index contributed by atoms with van der Waals surface area (Å²) in [5.41, 5.74) is 1.91. The van der Waals surface area contributed by atoms with E-state index in [0.717, 1.165) is 0 Å². The number of benzene rings is 2. The summed E-state index contributed by atoms with van der Waals surface area (Å²) in [6, 6.07) is 16.8. The van der Waals surface area contributed by atoms with Crippen LogP contribution >= 0.6 is 0 Å². The Bertz CT molecular complexity index is 631. The largest absolute Gasteiger partial charge is 0.665 e. The van der Waals surface area contributed by atoms with E-state index >= 15 is 0 Å². The molecule has 2 rings (SSSR count). The minimum Gasteiger partial charge on any atom is -0.458 e. The highest BCUT2D eigenvalue weighted by Crippen LogP contribution is 2.16. The zero-order valence-corrected chi connectivity index (χ0v) is 13.6. The van der Waals surface area contributed by atoms with Crippen molar-refractivity contribution in [3.05, 3.63) is 84.1 Å². The summed E-state index contributed by atoms with van der Waals surface area (Å²) < 4.78 is 15.9. The molecule has 0 bridgehead atoms. The van der Waals surface area contributed by atoms with Crippen molar-refractivity contribution in [3.63, 3.8) is 0 Å². The standard InChI is InChI=1S/C17H16O5Si/c1-3-23(20-2,21-16(18)14-10-6-4-7-11-14)22-17(19)15-12-8-5-9-13-15/h3-13H,1H2,2H3. The van der Waals surface area contributed by atoms with Crippen molar-refractivity contribution in [2.75, 3.05) is 7.11 Å². The smallest absolute Gasteiger partial charge is 0.458 e. The molecule has 0 radical (unpaired) electrons. The van der Waals surface area contributed by atoms with E-state index in [1.807, 2.05) is 0 Å². The lowest BCUT2D eigenvalue weighted by Crippen LogP contribution is -2.46. The number of rotatable bonds is 6. The first-order valence-corrected chi connectivity index (χ1v) is 8.66. The quantitative estimate of drug-likeness (QED) is 0.763. The molecule has 2 aromatic carbocycles. The van der Waals surface area contributed by atoms with Gasteiger partial charge in [0.2, 0.25) is 0 Å². The van der Waals surface area contributed by atoms with Crippen molar-refractivity contribution in [3.8, 4) is 0 Å². The molecule has 2 aromatic rings. The van der Waals surface area contributed by atoms with Crippen LogP contribution in [0.1, 0.15) is 20.7 Å². The second-order valence-electron chi connectivity index (χ2n) is 4.52. The monoisotopic (exact) mass is 328 g/mol. The van der Waals surface area contributed by atoms with Crippen molar-refractivity contribution in [1.29, 1.82) is 0 Å². The van der Waals surface area contributed by atoms with Gasteiger partial charge in [-0.1, -0.05) is 43.0 Å². The molecule has 0 aliphatic rings. The number of carbonyl (C=O) groups is 2. The first kappa shape index (κ1) is 16.7. The Morgan fingerprint density at radius 3 is 1.57 bits per heavy atom. The molecule has 0 amide bonds. The van der Waals surface area contributed by atoms with Gasteiger partial charge in [-0.05, 0) is 24.3 Å². The SMILES string of the molecule is C=C[Si](OC)(OC(=O)c1ccccc1)OC(=O)c1ccccc1. The van der Waals surface area contributed by atoms with Crippen LogP contribution in [-0.4, -0.2) is 27.9 Å². The lowest BCUT2D eigenvalue weighted by atomic mass is 10.2. The van der Waals surface area contributed by atoms with Gasteiger partial charge in [0.05, 0.1) is 11.1 Å². The van der Waals surface area contributed by atoms with Gasteiger partial charge in [0.15, 0.2) is 0 Å².